The standard InChI is InChI=1S/C19H26N2O2/c1-12(2)6-8-21-9-7-15-13(3)20-18-16(19(15)21)10-14(22-4)11-17(18)23-5/h10-12H,6-9H2,1-5H3. The first-order valence-corrected chi connectivity index (χ1v) is 8.35. The van der Waals surface area contributed by atoms with Gasteiger partial charge in [-0.2, -0.15) is 0 Å². The molecule has 1 aliphatic rings. The molecule has 2 aromatic rings. The highest BCUT2D eigenvalue weighted by Crippen LogP contribution is 2.41. The van der Waals surface area contributed by atoms with E-state index in [1.54, 1.807) is 14.2 Å². The molecule has 23 heavy (non-hydrogen) atoms. The second kappa shape index (κ2) is 6.26. The van der Waals surface area contributed by atoms with Gasteiger partial charge in [0.25, 0.3) is 0 Å². The van der Waals surface area contributed by atoms with Gasteiger partial charge in [0, 0.05) is 30.2 Å². The molecule has 0 aliphatic carbocycles. The van der Waals surface area contributed by atoms with Gasteiger partial charge in [-0.05, 0) is 37.3 Å². The van der Waals surface area contributed by atoms with Crippen molar-refractivity contribution in [2.75, 3.05) is 32.2 Å². The summed E-state index contributed by atoms with van der Waals surface area (Å²) in [6, 6.07) is 4.01. The average molecular weight is 314 g/mol. The molecule has 0 atom stereocenters. The van der Waals surface area contributed by atoms with Gasteiger partial charge >= 0.3 is 0 Å². The SMILES string of the molecule is COc1cc(OC)c2nc(C)c3c(c2c1)N(CCC(C)C)CC3. The molecule has 0 fully saturated rings. The van der Waals surface area contributed by atoms with Crippen molar-refractivity contribution in [1.82, 2.24) is 4.98 Å². The van der Waals surface area contributed by atoms with Crippen LogP contribution in [0, 0.1) is 12.8 Å². The van der Waals surface area contributed by atoms with E-state index in [-0.39, 0.29) is 0 Å². The zero-order valence-corrected chi connectivity index (χ0v) is 14.8. The van der Waals surface area contributed by atoms with Gasteiger partial charge < -0.3 is 14.4 Å². The molecule has 0 unspecified atom stereocenters. The molecule has 1 aliphatic heterocycles. The lowest BCUT2D eigenvalue weighted by atomic mass is 10.0. The number of anilines is 1. The summed E-state index contributed by atoms with van der Waals surface area (Å²) in [5.74, 6) is 2.30. The Labute approximate surface area is 138 Å². The Morgan fingerprint density at radius 1 is 1.22 bits per heavy atom. The zero-order valence-electron chi connectivity index (χ0n) is 14.8. The number of nitrogens with zero attached hydrogens (tertiary/aromatic N) is 2. The minimum Gasteiger partial charge on any atom is -0.497 e. The molecular weight excluding hydrogens is 288 g/mol. The van der Waals surface area contributed by atoms with E-state index in [4.69, 9.17) is 14.5 Å². The van der Waals surface area contributed by atoms with Crippen molar-refractivity contribution in [2.24, 2.45) is 5.92 Å². The normalized spacial score (nSPS) is 13.7. The van der Waals surface area contributed by atoms with Gasteiger partial charge in [0.1, 0.15) is 17.0 Å². The monoisotopic (exact) mass is 314 g/mol. The van der Waals surface area contributed by atoms with E-state index in [1.807, 2.05) is 6.07 Å². The van der Waals surface area contributed by atoms with E-state index in [0.29, 0.717) is 5.92 Å². The number of methoxy groups -OCH3 is 2. The third-order valence-electron chi connectivity index (χ3n) is 4.69. The van der Waals surface area contributed by atoms with Crippen LogP contribution in [0.15, 0.2) is 12.1 Å². The fraction of sp³-hybridized carbons (Fsp3) is 0.526. The van der Waals surface area contributed by atoms with Crippen LogP contribution in [0.2, 0.25) is 0 Å². The molecule has 4 heteroatoms. The first-order valence-electron chi connectivity index (χ1n) is 8.35. The highest BCUT2D eigenvalue weighted by molar-refractivity contribution is 5.99. The summed E-state index contributed by atoms with van der Waals surface area (Å²) in [6.45, 7) is 8.82. The molecule has 2 heterocycles. The highest BCUT2D eigenvalue weighted by Gasteiger charge is 2.26. The van der Waals surface area contributed by atoms with E-state index in [0.717, 1.165) is 47.6 Å². The number of aryl methyl sites for hydroxylation is 1. The third kappa shape index (κ3) is 2.82. The third-order valence-corrected chi connectivity index (χ3v) is 4.69. The van der Waals surface area contributed by atoms with Crippen molar-refractivity contribution in [1.29, 1.82) is 0 Å². The summed E-state index contributed by atoms with van der Waals surface area (Å²) in [7, 11) is 3.38. The maximum absolute atomic E-state index is 5.56. The predicted molar refractivity (Wildman–Crippen MR) is 95.0 cm³/mol. The Hall–Kier alpha value is -1.97. The maximum atomic E-state index is 5.56. The molecule has 0 radical (unpaired) electrons. The Balaban J connectivity index is 2.18. The van der Waals surface area contributed by atoms with Crippen molar-refractivity contribution in [2.45, 2.75) is 33.6 Å². The van der Waals surface area contributed by atoms with Crippen molar-refractivity contribution in [3.05, 3.63) is 23.4 Å². The van der Waals surface area contributed by atoms with E-state index < -0.39 is 0 Å². The lowest BCUT2D eigenvalue weighted by Gasteiger charge is -2.23. The molecular formula is C19H26N2O2. The predicted octanol–water partition coefficient (Wildman–Crippen LogP) is 3.97. The van der Waals surface area contributed by atoms with Crippen LogP contribution in [0.25, 0.3) is 10.9 Å². The molecule has 3 rings (SSSR count). The summed E-state index contributed by atoms with van der Waals surface area (Å²) in [5, 5.41) is 1.14. The van der Waals surface area contributed by atoms with E-state index >= 15 is 0 Å². The first-order chi connectivity index (χ1) is 11.0. The van der Waals surface area contributed by atoms with Crippen LogP contribution in [0.5, 0.6) is 11.5 Å². The Kier molecular flexibility index (Phi) is 4.33. The number of pyridine rings is 1. The second-order valence-corrected chi connectivity index (χ2v) is 6.67. The van der Waals surface area contributed by atoms with Gasteiger partial charge in [-0.1, -0.05) is 13.8 Å². The highest BCUT2D eigenvalue weighted by atomic mass is 16.5. The smallest absolute Gasteiger partial charge is 0.148 e. The fourth-order valence-corrected chi connectivity index (χ4v) is 3.38. The molecule has 124 valence electrons. The van der Waals surface area contributed by atoms with Crippen molar-refractivity contribution < 1.29 is 9.47 Å². The number of hydrogen-bond acceptors (Lipinski definition) is 4. The molecule has 0 bridgehead atoms. The van der Waals surface area contributed by atoms with E-state index in [1.165, 1.54) is 17.7 Å². The zero-order chi connectivity index (χ0) is 16.6. The summed E-state index contributed by atoms with van der Waals surface area (Å²) in [6.07, 6.45) is 2.27. The Morgan fingerprint density at radius 2 is 2.00 bits per heavy atom. The number of aromatic nitrogens is 1. The molecule has 0 spiro atoms. The fourth-order valence-electron chi connectivity index (χ4n) is 3.38. The Morgan fingerprint density at radius 3 is 2.65 bits per heavy atom. The summed E-state index contributed by atoms with van der Waals surface area (Å²) >= 11 is 0. The van der Waals surface area contributed by atoms with Crippen LogP contribution in [0.4, 0.5) is 5.69 Å². The maximum Gasteiger partial charge on any atom is 0.148 e. The number of fused-ring (bicyclic) bond motifs is 3. The first kappa shape index (κ1) is 15.9. The number of ether oxygens (including phenoxy) is 2. The van der Waals surface area contributed by atoms with Gasteiger partial charge in [-0.3, -0.25) is 0 Å². The van der Waals surface area contributed by atoms with Gasteiger partial charge in [0.05, 0.1) is 19.9 Å². The average Bonchev–Trinajstić information content (AvgIpc) is 2.97. The second-order valence-electron chi connectivity index (χ2n) is 6.67. The quantitative estimate of drug-likeness (QED) is 0.836. The van der Waals surface area contributed by atoms with Crippen molar-refractivity contribution in [3.63, 3.8) is 0 Å². The van der Waals surface area contributed by atoms with Gasteiger partial charge in [-0.15, -0.1) is 0 Å². The van der Waals surface area contributed by atoms with Gasteiger partial charge in [-0.25, -0.2) is 4.98 Å². The summed E-state index contributed by atoms with van der Waals surface area (Å²) in [5.41, 5.74) is 4.74. The van der Waals surface area contributed by atoms with Crippen LogP contribution >= 0.6 is 0 Å². The van der Waals surface area contributed by atoms with Crippen molar-refractivity contribution >= 4 is 16.6 Å². The molecule has 1 aromatic carbocycles. The topological polar surface area (TPSA) is 34.6 Å². The number of hydrogen-bond donors (Lipinski definition) is 0. The molecule has 0 N–H and O–H groups in total. The minimum absolute atomic E-state index is 0.706. The van der Waals surface area contributed by atoms with Crippen LogP contribution in [-0.2, 0) is 6.42 Å². The lowest BCUT2D eigenvalue weighted by molar-refractivity contribution is 0.397. The summed E-state index contributed by atoms with van der Waals surface area (Å²) in [4.78, 5) is 7.32. The Bertz CT molecular complexity index is 725. The summed E-state index contributed by atoms with van der Waals surface area (Å²) < 4.78 is 11.0. The van der Waals surface area contributed by atoms with Crippen molar-refractivity contribution in [3.8, 4) is 11.5 Å². The molecule has 1 aromatic heterocycles. The largest absolute Gasteiger partial charge is 0.497 e. The van der Waals surface area contributed by atoms with Crippen LogP contribution in [0.1, 0.15) is 31.5 Å². The minimum atomic E-state index is 0.706. The lowest BCUT2D eigenvalue weighted by Crippen LogP contribution is -2.23. The number of benzene rings is 1. The van der Waals surface area contributed by atoms with E-state index in [2.05, 4.69) is 31.7 Å². The molecule has 0 saturated carbocycles. The van der Waals surface area contributed by atoms with Crippen LogP contribution in [0.3, 0.4) is 0 Å². The molecule has 0 amide bonds. The van der Waals surface area contributed by atoms with Gasteiger partial charge in [0.2, 0.25) is 0 Å². The van der Waals surface area contributed by atoms with E-state index in [9.17, 15) is 0 Å². The van der Waals surface area contributed by atoms with Crippen LogP contribution < -0.4 is 14.4 Å². The van der Waals surface area contributed by atoms with Gasteiger partial charge in [0.15, 0.2) is 0 Å². The van der Waals surface area contributed by atoms with Crippen LogP contribution in [-0.4, -0.2) is 32.3 Å². The molecule has 4 nitrogen and oxygen atoms in total. The molecule has 0 saturated heterocycles. The number of rotatable bonds is 5.